The van der Waals surface area contributed by atoms with Crippen molar-refractivity contribution in [1.29, 1.82) is 0 Å². The standard InChI is InChI=1S/C12H17NO2/c1-4-7-13-9-10-5-6-11(14-2)12(8-10)15-3/h4-6,8,13H,1,7,9H2,2-3H3. The number of hydrogen-bond acceptors (Lipinski definition) is 3. The van der Waals surface area contributed by atoms with Gasteiger partial charge in [-0.15, -0.1) is 6.58 Å². The van der Waals surface area contributed by atoms with Gasteiger partial charge in [0.1, 0.15) is 0 Å². The minimum atomic E-state index is 0.755. The van der Waals surface area contributed by atoms with Crippen LogP contribution < -0.4 is 14.8 Å². The van der Waals surface area contributed by atoms with Gasteiger partial charge in [-0.25, -0.2) is 0 Å². The smallest absolute Gasteiger partial charge is 0.161 e. The van der Waals surface area contributed by atoms with Gasteiger partial charge < -0.3 is 14.8 Å². The molecule has 0 aromatic heterocycles. The number of methoxy groups -OCH3 is 2. The lowest BCUT2D eigenvalue weighted by atomic mass is 10.2. The van der Waals surface area contributed by atoms with Crippen molar-refractivity contribution in [2.24, 2.45) is 0 Å². The SMILES string of the molecule is C=CCNCc1ccc(OC)c(OC)c1. The van der Waals surface area contributed by atoms with Crippen LogP contribution in [0.1, 0.15) is 5.56 Å². The number of ether oxygens (including phenoxy) is 2. The average molecular weight is 207 g/mol. The fourth-order valence-corrected chi connectivity index (χ4v) is 1.31. The number of rotatable bonds is 6. The van der Waals surface area contributed by atoms with Crippen molar-refractivity contribution in [3.05, 3.63) is 36.4 Å². The molecule has 82 valence electrons. The zero-order valence-corrected chi connectivity index (χ0v) is 9.25. The minimum absolute atomic E-state index is 0.755. The van der Waals surface area contributed by atoms with Crippen molar-refractivity contribution in [3.8, 4) is 11.5 Å². The normalized spacial score (nSPS) is 9.73. The molecule has 3 nitrogen and oxygen atoms in total. The van der Waals surface area contributed by atoms with Crippen molar-refractivity contribution in [3.63, 3.8) is 0 Å². The van der Waals surface area contributed by atoms with E-state index in [1.807, 2.05) is 24.3 Å². The Hall–Kier alpha value is -1.48. The van der Waals surface area contributed by atoms with E-state index in [4.69, 9.17) is 9.47 Å². The summed E-state index contributed by atoms with van der Waals surface area (Å²) in [5, 5.41) is 3.23. The number of benzene rings is 1. The molecule has 0 aliphatic rings. The van der Waals surface area contributed by atoms with Crippen molar-refractivity contribution in [2.45, 2.75) is 6.54 Å². The molecule has 1 rings (SSSR count). The van der Waals surface area contributed by atoms with Gasteiger partial charge in [0.05, 0.1) is 14.2 Å². The van der Waals surface area contributed by atoms with Crippen molar-refractivity contribution < 1.29 is 9.47 Å². The lowest BCUT2D eigenvalue weighted by molar-refractivity contribution is 0.354. The highest BCUT2D eigenvalue weighted by atomic mass is 16.5. The summed E-state index contributed by atoms with van der Waals surface area (Å²) < 4.78 is 10.4. The molecule has 0 saturated heterocycles. The summed E-state index contributed by atoms with van der Waals surface area (Å²) in [4.78, 5) is 0. The van der Waals surface area contributed by atoms with Crippen molar-refractivity contribution >= 4 is 0 Å². The predicted molar refractivity (Wildman–Crippen MR) is 61.4 cm³/mol. The van der Waals surface area contributed by atoms with Crippen LogP contribution in [0.5, 0.6) is 11.5 Å². The molecule has 0 unspecified atom stereocenters. The van der Waals surface area contributed by atoms with Crippen LogP contribution in [-0.4, -0.2) is 20.8 Å². The Bertz CT molecular complexity index is 323. The molecule has 3 heteroatoms. The second kappa shape index (κ2) is 6.09. The predicted octanol–water partition coefficient (Wildman–Crippen LogP) is 1.98. The van der Waals surface area contributed by atoms with Crippen LogP contribution in [0.4, 0.5) is 0 Å². The summed E-state index contributed by atoms with van der Waals surface area (Å²) in [7, 11) is 3.27. The van der Waals surface area contributed by atoms with E-state index in [0.717, 1.165) is 30.2 Å². The van der Waals surface area contributed by atoms with Gasteiger partial charge >= 0.3 is 0 Å². The first kappa shape index (κ1) is 11.6. The van der Waals surface area contributed by atoms with E-state index in [1.54, 1.807) is 14.2 Å². The summed E-state index contributed by atoms with van der Waals surface area (Å²) >= 11 is 0. The van der Waals surface area contributed by atoms with E-state index in [2.05, 4.69) is 11.9 Å². The van der Waals surface area contributed by atoms with Gasteiger partial charge in [-0.05, 0) is 17.7 Å². The molecule has 0 radical (unpaired) electrons. The van der Waals surface area contributed by atoms with Crippen LogP contribution in [0.15, 0.2) is 30.9 Å². The molecular formula is C12H17NO2. The average Bonchev–Trinajstić information content (AvgIpc) is 2.29. The molecule has 0 fully saturated rings. The third-order valence-electron chi connectivity index (χ3n) is 2.07. The maximum atomic E-state index is 5.21. The number of hydrogen-bond donors (Lipinski definition) is 1. The third-order valence-corrected chi connectivity index (χ3v) is 2.07. The molecular weight excluding hydrogens is 190 g/mol. The van der Waals surface area contributed by atoms with E-state index in [9.17, 15) is 0 Å². The molecule has 0 saturated carbocycles. The fourth-order valence-electron chi connectivity index (χ4n) is 1.31. The summed E-state index contributed by atoms with van der Waals surface area (Å²) in [6.45, 7) is 5.24. The molecule has 0 heterocycles. The molecule has 1 aromatic carbocycles. The van der Waals surface area contributed by atoms with Gasteiger partial charge in [-0.2, -0.15) is 0 Å². The molecule has 0 aliphatic heterocycles. The highest BCUT2D eigenvalue weighted by Crippen LogP contribution is 2.27. The van der Waals surface area contributed by atoms with Gasteiger partial charge in [0.2, 0.25) is 0 Å². The topological polar surface area (TPSA) is 30.5 Å². The molecule has 0 bridgehead atoms. The highest BCUT2D eigenvalue weighted by Gasteiger charge is 2.03. The largest absolute Gasteiger partial charge is 0.493 e. The second-order valence-electron chi connectivity index (χ2n) is 3.11. The Labute approximate surface area is 90.7 Å². The lowest BCUT2D eigenvalue weighted by Gasteiger charge is -2.09. The Kier molecular flexibility index (Phi) is 4.71. The van der Waals surface area contributed by atoms with E-state index >= 15 is 0 Å². The summed E-state index contributed by atoms with van der Waals surface area (Å²) in [6, 6.07) is 5.89. The van der Waals surface area contributed by atoms with E-state index in [1.165, 1.54) is 0 Å². The zero-order chi connectivity index (χ0) is 11.1. The molecule has 1 aromatic rings. The first-order chi connectivity index (χ1) is 7.31. The first-order valence-electron chi connectivity index (χ1n) is 4.84. The molecule has 15 heavy (non-hydrogen) atoms. The van der Waals surface area contributed by atoms with Crippen molar-refractivity contribution in [2.75, 3.05) is 20.8 Å². The summed E-state index contributed by atoms with van der Waals surface area (Å²) in [6.07, 6.45) is 1.83. The first-order valence-corrected chi connectivity index (χ1v) is 4.84. The van der Waals surface area contributed by atoms with Crippen LogP contribution in [0.25, 0.3) is 0 Å². The molecule has 0 amide bonds. The molecule has 1 N–H and O–H groups in total. The summed E-state index contributed by atoms with van der Waals surface area (Å²) in [5.74, 6) is 1.51. The Balaban J connectivity index is 2.69. The summed E-state index contributed by atoms with van der Waals surface area (Å²) in [5.41, 5.74) is 1.16. The van der Waals surface area contributed by atoms with Gasteiger partial charge in [0, 0.05) is 13.1 Å². The van der Waals surface area contributed by atoms with Crippen LogP contribution >= 0.6 is 0 Å². The van der Waals surface area contributed by atoms with Crippen LogP contribution in [0, 0.1) is 0 Å². The zero-order valence-electron chi connectivity index (χ0n) is 9.25. The van der Waals surface area contributed by atoms with Gasteiger partial charge in [0.25, 0.3) is 0 Å². The third kappa shape index (κ3) is 3.29. The van der Waals surface area contributed by atoms with E-state index in [0.29, 0.717) is 0 Å². The quantitative estimate of drug-likeness (QED) is 0.571. The maximum absolute atomic E-state index is 5.21. The van der Waals surface area contributed by atoms with Gasteiger partial charge in [-0.3, -0.25) is 0 Å². The van der Waals surface area contributed by atoms with Crippen molar-refractivity contribution in [1.82, 2.24) is 5.32 Å². The Morgan fingerprint density at radius 3 is 2.60 bits per heavy atom. The van der Waals surface area contributed by atoms with E-state index < -0.39 is 0 Å². The highest BCUT2D eigenvalue weighted by molar-refractivity contribution is 5.42. The second-order valence-corrected chi connectivity index (χ2v) is 3.11. The van der Waals surface area contributed by atoms with Crippen LogP contribution in [0.3, 0.4) is 0 Å². The molecule has 0 spiro atoms. The Morgan fingerprint density at radius 2 is 2.00 bits per heavy atom. The Morgan fingerprint density at radius 1 is 1.27 bits per heavy atom. The molecule has 0 atom stereocenters. The van der Waals surface area contributed by atoms with Gasteiger partial charge in [0.15, 0.2) is 11.5 Å². The lowest BCUT2D eigenvalue weighted by Crippen LogP contribution is -2.12. The van der Waals surface area contributed by atoms with E-state index in [-0.39, 0.29) is 0 Å². The molecule has 0 aliphatic carbocycles. The maximum Gasteiger partial charge on any atom is 0.161 e. The number of nitrogens with one attached hydrogen (secondary N) is 1. The van der Waals surface area contributed by atoms with Gasteiger partial charge in [-0.1, -0.05) is 12.1 Å². The monoisotopic (exact) mass is 207 g/mol. The fraction of sp³-hybridized carbons (Fsp3) is 0.333. The minimum Gasteiger partial charge on any atom is -0.493 e. The van der Waals surface area contributed by atoms with Crippen LogP contribution in [0.2, 0.25) is 0 Å². The van der Waals surface area contributed by atoms with Crippen LogP contribution in [-0.2, 0) is 6.54 Å².